The predicted molar refractivity (Wildman–Crippen MR) is 70.3 cm³/mol. The van der Waals surface area contributed by atoms with Gasteiger partial charge in [0.2, 0.25) is 0 Å². The number of nitrogens with zero attached hydrogens (tertiary/aromatic N) is 2. The van der Waals surface area contributed by atoms with Crippen molar-refractivity contribution < 1.29 is 4.84 Å². The molecule has 2 N–H and O–H groups in total. The van der Waals surface area contributed by atoms with Crippen molar-refractivity contribution in [2.45, 2.75) is 26.8 Å². The van der Waals surface area contributed by atoms with Gasteiger partial charge in [0.15, 0.2) is 0 Å². The molecule has 0 fully saturated rings. The lowest BCUT2D eigenvalue weighted by Gasteiger charge is -2.27. The van der Waals surface area contributed by atoms with Crippen molar-refractivity contribution in [2.75, 3.05) is 20.6 Å². The van der Waals surface area contributed by atoms with Crippen molar-refractivity contribution in [1.29, 1.82) is 0 Å². The maximum absolute atomic E-state index is 5.20. The Bertz CT molecular complexity index is 346. The first kappa shape index (κ1) is 13.6. The zero-order chi connectivity index (χ0) is 12.8. The predicted octanol–water partition coefficient (Wildman–Crippen LogP) is 1.22. The van der Waals surface area contributed by atoms with Crippen LogP contribution in [0, 0.1) is 0 Å². The minimum atomic E-state index is 0.0357. The molecule has 0 aromatic carbocycles. The molecule has 1 atom stereocenters. The Morgan fingerprint density at radius 3 is 3.00 bits per heavy atom. The molecule has 1 aliphatic rings. The summed E-state index contributed by atoms with van der Waals surface area (Å²) in [5, 5.41) is 3.18. The van der Waals surface area contributed by atoms with Crippen LogP contribution in [0.1, 0.15) is 20.8 Å². The fourth-order valence-electron chi connectivity index (χ4n) is 1.70. The molecule has 1 heterocycles. The highest BCUT2D eigenvalue weighted by Crippen LogP contribution is 2.17. The first-order valence-corrected chi connectivity index (χ1v) is 5.82. The molecule has 0 spiro atoms. The van der Waals surface area contributed by atoms with E-state index in [0.29, 0.717) is 0 Å². The van der Waals surface area contributed by atoms with Gasteiger partial charge in [-0.2, -0.15) is 5.48 Å². The summed E-state index contributed by atoms with van der Waals surface area (Å²) in [5.41, 5.74) is 3.85. The molecule has 0 amide bonds. The average molecular weight is 238 g/mol. The Hall–Kier alpha value is -1.49. The van der Waals surface area contributed by atoms with Crippen LogP contribution in [0.5, 0.6) is 0 Å². The summed E-state index contributed by atoms with van der Waals surface area (Å²) in [5.74, 6) is 1.93. The first-order chi connectivity index (χ1) is 8.10. The van der Waals surface area contributed by atoms with Crippen molar-refractivity contribution >= 4 is 6.34 Å². The highest BCUT2D eigenvalue weighted by atomic mass is 16.6. The fraction of sp³-hybridized carbons (Fsp3) is 0.583. The van der Waals surface area contributed by atoms with Gasteiger partial charge in [-0.25, -0.2) is 0 Å². The van der Waals surface area contributed by atoms with Crippen molar-refractivity contribution in [2.24, 2.45) is 4.99 Å². The molecule has 5 heteroatoms. The van der Waals surface area contributed by atoms with E-state index in [1.54, 1.807) is 13.4 Å². The van der Waals surface area contributed by atoms with E-state index in [0.717, 1.165) is 18.1 Å². The largest absolute Gasteiger partial charge is 0.414 e. The van der Waals surface area contributed by atoms with Crippen LogP contribution in [0.4, 0.5) is 0 Å². The van der Waals surface area contributed by atoms with Crippen LogP contribution in [0.15, 0.2) is 28.2 Å². The quantitative estimate of drug-likeness (QED) is 0.558. The number of allylic oxidation sites excluding steroid dienone is 1. The second-order valence-electron chi connectivity index (χ2n) is 4.00. The van der Waals surface area contributed by atoms with Crippen LogP contribution in [0.25, 0.3) is 0 Å². The lowest BCUT2D eigenvalue weighted by Crippen LogP contribution is -2.34. The number of hydrogen-bond donors (Lipinski definition) is 2. The van der Waals surface area contributed by atoms with Crippen LogP contribution in [0.3, 0.4) is 0 Å². The highest BCUT2D eigenvalue weighted by Gasteiger charge is 2.17. The van der Waals surface area contributed by atoms with E-state index in [2.05, 4.69) is 41.6 Å². The van der Waals surface area contributed by atoms with Gasteiger partial charge < -0.3 is 15.1 Å². The average Bonchev–Trinajstić information content (AvgIpc) is 2.31. The zero-order valence-electron chi connectivity index (χ0n) is 11.2. The molecule has 96 valence electrons. The minimum Gasteiger partial charge on any atom is -0.414 e. The summed E-state index contributed by atoms with van der Waals surface area (Å²) in [7, 11) is 3.80. The SMILES string of the molecule is CCN(C)C1=C(C)C(/C=C(\C)ONC)N=CN1. The summed E-state index contributed by atoms with van der Waals surface area (Å²) >= 11 is 0. The minimum absolute atomic E-state index is 0.0357. The number of hydrogen-bond acceptors (Lipinski definition) is 5. The van der Waals surface area contributed by atoms with E-state index >= 15 is 0 Å². The molecular weight excluding hydrogens is 216 g/mol. The lowest BCUT2D eigenvalue weighted by molar-refractivity contribution is 0.127. The van der Waals surface area contributed by atoms with E-state index < -0.39 is 0 Å². The van der Waals surface area contributed by atoms with Crippen LogP contribution < -0.4 is 10.8 Å². The molecule has 0 bridgehead atoms. The number of aliphatic imine (C=N–C) groups is 1. The van der Waals surface area contributed by atoms with Gasteiger partial charge in [-0.1, -0.05) is 0 Å². The Labute approximate surface area is 103 Å². The molecule has 0 aromatic heterocycles. The van der Waals surface area contributed by atoms with Gasteiger partial charge in [0.25, 0.3) is 0 Å². The number of hydroxylamine groups is 1. The Morgan fingerprint density at radius 1 is 1.71 bits per heavy atom. The molecule has 1 aliphatic heterocycles. The first-order valence-electron chi connectivity index (χ1n) is 5.82. The molecule has 0 saturated heterocycles. The topological polar surface area (TPSA) is 48.9 Å². The van der Waals surface area contributed by atoms with E-state index in [1.165, 1.54) is 5.57 Å². The maximum Gasteiger partial charge on any atom is 0.119 e. The Kier molecular flexibility index (Phi) is 5.03. The third-order valence-corrected chi connectivity index (χ3v) is 2.77. The van der Waals surface area contributed by atoms with Crippen LogP contribution in [0.2, 0.25) is 0 Å². The summed E-state index contributed by atoms with van der Waals surface area (Å²) < 4.78 is 0. The van der Waals surface area contributed by atoms with Crippen molar-refractivity contribution in [3.63, 3.8) is 0 Å². The zero-order valence-corrected chi connectivity index (χ0v) is 11.2. The fourth-order valence-corrected chi connectivity index (χ4v) is 1.70. The smallest absolute Gasteiger partial charge is 0.119 e. The van der Waals surface area contributed by atoms with Crippen LogP contribution in [-0.4, -0.2) is 37.9 Å². The maximum atomic E-state index is 5.20. The van der Waals surface area contributed by atoms with Gasteiger partial charge in [0.05, 0.1) is 12.4 Å². The molecule has 1 rings (SSSR count). The highest BCUT2D eigenvalue weighted by molar-refractivity contribution is 5.61. The number of nitrogens with one attached hydrogen (secondary N) is 2. The third-order valence-electron chi connectivity index (χ3n) is 2.77. The third kappa shape index (κ3) is 3.49. The van der Waals surface area contributed by atoms with E-state index in [4.69, 9.17) is 4.84 Å². The van der Waals surface area contributed by atoms with Gasteiger partial charge in [0, 0.05) is 20.6 Å². The normalized spacial score (nSPS) is 20.3. The van der Waals surface area contributed by atoms with Crippen molar-refractivity contribution in [1.82, 2.24) is 15.7 Å². The number of rotatable bonds is 5. The van der Waals surface area contributed by atoms with Gasteiger partial charge in [-0.05, 0) is 32.4 Å². The monoisotopic (exact) mass is 238 g/mol. The second-order valence-corrected chi connectivity index (χ2v) is 4.00. The van der Waals surface area contributed by atoms with Crippen LogP contribution >= 0.6 is 0 Å². The van der Waals surface area contributed by atoms with Crippen LogP contribution in [-0.2, 0) is 4.84 Å². The van der Waals surface area contributed by atoms with E-state index in [-0.39, 0.29) is 6.04 Å². The van der Waals surface area contributed by atoms with Gasteiger partial charge >= 0.3 is 0 Å². The summed E-state index contributed by atoms with van der Waals surface area (Å²) in [4.78, 5) is 11.8. The van der Waals surface area contributed by atoms with E-state index in [9.17, 15) is 0 Å². The Balaban J connectivity index is 2.86. The van der Waals surface area contributed by atoms with Gasteiger partial charge in [-0.15, -0.1) is 0 Å². The Morgan fingerprint density at radius 2 is 2.41 bits per heavy atom. The molecule has 0 aliphatic carbocycles. The van der Waals surface area contributed by atoms with Gasteiger partial charge in [0.1, 0.15) is 11.6 Å². The molecule has 5 nitrogen and oxygen atoms in total. The standard InChI is InChI=1S/C12H22N4O/c1-6-16(5)12-10(3)11(14-8-15-12)7-9(2)17-13-4/h7-8,11,13H,6H2,1-5H3,(H,14,15)/b9-7+. The van der Waals surface area contributed by atoms with Crippen molar-refractivity contribution in [3.05, 3.63) is 23.2 Å². The molecular formula is C12H22N4O. The van der Waals surface area contributed by atoms with Gasteiger partial charge in [-0.3, -0.25) is 4.99 Å². The summed E-state index contributed by atoms with van der Waals surface area (Å²) in [6.45, 7) is 7.06. The summed E-state index contributed by atoms with van der Waals surface area (Å²) in [6, 6.07) is 0.0357. The molecule has 0 aromatic rings. The molecule has 17 heavy (non-hydrogen) atoms. The van der Waals surface area contributed by atoms with Crippen molar-refractivity contribution in [3.8, 4) is 0 Å². The molecule has 0 radical (unpaired) electrons. The second kappa shape index (κ2) is 6.30. The van der Waals surface area contributed by atoms with E-state index in [1.807, 2.05) is 13.0 Å². The summed E-state index contributed by atoms with van der Waals surface area (Å²) in [6.07, 6.45) is 3.73. The lowest BCUT2D eigenvalue weighted by atomic mass is 10.1. The molecule has 0 saturated carbocycles. The molecule has 1 unspecified atom stereocenters.